The zero-order valence-corrected chi connectivity index (χ0v) is 16.3. The lowest BCUT2D eigenvalue weighted by Gasteiger charge is -2.33. The Morgan fingerprint density at radius 1 is 1.24 bits per heavy atom. The molecule has 0 aromatic heterocycles. The van der Waals surface area contributed by atoms with Crippen molar-refractivity contribution in [3.05, 3.63) is 42.5 Å². The van der Waals surface area contributed by atoms with Crippen LogP contribution in [0.2, 0.25) is 0 Å². The lowest BCUT2D eigenvalue weighted by molar-refractivity contribution is 0.366. The number of hydrogen-bond donors (Lipinski definition) is 1. The molecular formula is C19H23NO3S2. The van der Waals surface area contributed by atoms with Crippen molar-refractivity contribution in [3.8, 4) is 5.75 Å². The smallest absolute Gasteiger partial charge is 0.181 e. The van der Waals surface area contributed by atoms with Crippen molar-refractivity contribution < 1.29 is 13.5 Å². The molecule has 1 N–H and O–H groups in total. The molecule has 0 fully saturated rings. The van der Waals surface area contributed by atoms with Crippen molar-refractivity contribution in [3.63, 3.8) is 0 Å². The van der Waals surface area contributed by atoms with Gasteiger partial charge in [0.1, 0.15) is 5.75 Å². The van der Waals surface area contributed by atoms with Crippen molar-refractivity contribution in [1.29, 1.82) is 0 Å². The third-order valence-corrected chi connectivity index (χ3v) is 7.73. The van der Waals surface area contributed by atoms with Gasteiger partial charge in [-0.1, -0.05) is 32.0 Å². The van der Waals surface area contributed by atoms with Crippen LogP contribution < -0.4 is 4.90 Å². The molecule has 0 saturated heterocycles. The SMILES string of the molecule is CCC1(C)CN(c2ccccc2)c2cc(SC)c(O)cc2S(=O)(=O)C1. The lowest BCUT2D eigenvalue weighted by Crippen LogP contribution is -2.35. The Bertz CT molecular complexity index is 881. The van der Waals surface area contributed by atoms with Crippen molar-refractivity contribution in [2.75, 3.05) is 23.5 Å². The highest BCUT2D eigenvalue weighted by atomic mass is 32.2. The van der Waals surface area contributed by atoms with Gasteiger partial charge in [0.25, 0.3) is 0 Å². The van der Waals surface area contributed by atoms with E-state index in [1.165, 1.54) is 17.8 Å². The predicted molar refractivity (Wildman–Crippen MR) is 104 cm³/mol. The number of thioether (sulfide) groups is 1. The van der Waals surface area contributed by atoms with E-state index in [1.54, 1.807) is 6.07 Å². The molecule has 25 heavy (non-hydrogen) atoms. The molecule has 0 spiro atoms. The van der Waals surface area contributed by atoms with Gasteiger partial charge in [-0.15, -0.1) is 11.8 Å². The van der Waals surface area contributed by atoms with Gasteiger partial charge in [-0.2, -0.15) is 0 Å². The zero-order chi connectivity index (χ0) is 18.2. The minimum Gasteiger partial charge on any atom is -0.507 e. The third kappa shape index (κ3) is 3.37. The number of benzene rings is 2. The summed E-state index contributed by atoms with van der Waals surface area (Å²) >= 11 is 1.41. The number of anilines is 2. The summed E-state index contributed by atoms with van der Waals surface area (Å²) in [5.41, 5.74) is 1.23. The summed E-state index contributed by atoms with van der Waals surface area (Å²) in [5.74, 6) is 0.0909. The first-order chi connectivity index (χ1) is 11.8. The van der Waals surface area contributed by atoms with Gasteiger partial charge in [-0.25, -0.2) is 8.42 Å². The Hall–Kier alpha value is -1.66. The molecule has 6 heteroatoms. The van der Waals surface area contributed by atoms with Crippen molar-refractivity contribution in [2.24, 2.45) is 5.41 Å². The van der Waals surface area contributed by atoms with Gasteiger partial charge in [0.2, 0.25) is 0 Å². The maximum absolute atomic E-state index is 13.1. The first-order valence-corrected chi connectivity index (χ1v) is 11.1. The number of hydrogen-bond acceptors (Lipinski definition) is 5. The van der Waals surface area contributed by atoms with Crippen LogP contribution in [0.4, 0.5) is 11.4 Å². The first-order valence-electron chi connectivity index (χ1n) is 8.26. The van der Waals surface area contributed by atoms with E-state index < -0.39 is 9.84 Å². The fourth-order valence-electron chi connectivity index (χ4n) is 3.26. The normalized spacial score (nSPS) is 22.3. The molecule has 0 radical (unpaired) electrons. The molecule has 0 saturated carbocycles. The van der Waals surface area contributed by atoms with Gasteiger partial charge >= 0.3 is 0 Å². The van der Waals surface area contributed by atoms with E-state index >= 15 is 0 Å². The second kappa shape index (κ2) is 6.57. The minimum atomic E-state index is -3.50. The molecule has 0 aliphatic carbocycles. The van der Waals surface area contributed by atoms with Crippen LogP contribution in [0, 0.1) is 5.41 Å². The predicted octanol–water partition coefficient (Wildman–Crippen LogP) is 4.46. The van der Waals surface area contributed by atoms with Crippen molar-refractivity contribution in [2.45, 2.75) is 30.1 Å². The molecule has 3 rings (SSSR count). The van der Waals surface area contributed by atoms with E-state index in [1.807, 2.05) is 50.4 Å². The zero-order valence-electron chi connectivity index (χ0n) is 14.7. The second-order valence-corrected chi connectivity index (χ2v) is 9.64. The van der Waals surface area contributed by atoms with E-state index in [4.69, 9.17) is 0 Å². The van der Waals surface area contributed by atoms with Gasteiger partial charge in [0.05, 0.1) is 21.2 Å². The van der Waals surface area contributed by atoms with E-state index in [0.717, 1.165) is 12.1 Å². The first kappa shape index (κ1) is 18.1. The fraction of sp³-hybridized carbons (Fsp3) is 0.368. The number of aromatic hydroxyl groups is 1. The van der Waals surface area contributed by atoms with Crippen LogP contribution in [0.5, 0.6) is 5.75 Å². The number of rotatable bonds is 3. The highest BCUT2D eigenvalue weighted by molar-refractivity contribution is 7.98. The van der Waals surface area contributed by atoms with Crippen LogP contribution in [0.25, 0.3) is 0 Å². The molecule has 2 aromatic carbocycles. The molecule has 1 aliphatic rings. The number of nitrogens with zero attached hydrogens (tertiary/aromatic N) is 1. The van der Waals surface area contributed by atoms with E-state index in [2.05, 4.69) is 4.90 Å². The Morgan fingerprint density at radius 3 is 2.52 bits per heavy atom. The standard InChI is InChI=1S/C19H23NO3S2/c1-4-19(2)12-20(14-8-6-5-7-9-14)15-10-17(24-3)16(21)11-18(15)25(22,23)13-19/h5-11,21H,4,12-13H2,1-3H3. The van der Waals surface area contributed by atoms with Crippen LogP contribution in [0.15, 0.2) is 52.3 Å². The Balaban J connectivity index is 2.30. The molecule has 1 heterocycles. The minimum absolute atomic E-state index is 0.0166. The van der Waals surface area contributed by atoms with Crippen molar-refractivity contribution >= 4 is 33.0 Å². The largest absolute Gasteiger partial charge is 0.507 e. The molecule has 2 aromatic rings. The summed E-state index contributed by atoms with van der Waals surface area (Å²) in [6.45, 7) is 4.65. The third-order valence-electron chi connectivity index (χ3n) is 4.89. The summed E-state index contributed by atoms with van der Waals surface area (Å²) in [7, 11) is -3.50. The fourth-order valence-corrected chi connectivity index (χ4v) is 5.91. The Kier molecular flexibility index (Phi) is 4.77. The highest BCUT2D eigenvalue weighted by Crippen LogP contribution is 2.45. The maximum Gasteiger partial charge on any atom is 0.181 e. The summed E-state index contributed by atoms with van der Waals surface area (Å²) in [5, 5.41) is 10.2. The number of phenolic OH excluding ortho intramolecular Hbond substituents is 1. The number of fused-ring (bicyclic) bond motifs is 1. The number of para-hydroxylation sites is 1. The lowest BCUT2D eigenvalue weighted by atomic mass is 9.89. The topological polar surface area (TPSA) is 57.6 Å². The van der Waals surface area contributed by atoms with Gasteiger partial charge in [-0.05, 0) is 36.3 Å². The molecule has 0 amide bonds. The number of phenols is 1. The molecule has 1 atom stereocenters. The monoisotopic (exact) mass is 377 g/mol. The van der Waals surface area contributed by atoms with E-state index in [-0.39, 0.29) is 21.8 Å². The average Bonchev–Trinajstić information content (AvgIpc) is 2.68. The average molecular weight is 378 g/mol. The van der Waals surface area contributed by atoms with Gasteiger partial charge in [-0.3, -0.25) is 0 Å². The van der Waals surface area contributed by atoms with Crippen LogP contribution in [-0.4, -0.2) is 32.1 Å². The molecule has 134 valence electrons. The van der Waals surface area contributed by atoms with E-state index in [9.17, 15) is 13.5 Å². The van der Waals surface area contributed by atoms with Crippen molar-refractivity contribution in [1.82, 2.24) is 0 Å². The molecule has 4 nitrogen and oxygen atoms in total. The Morgan fingerprint density at radius 2 is 1.92 bits per heavy atom. The summed E-state index contributed by atoms with van der Waals surface area (Å²) in [6, 6.07) is 13.0. The second-order valence-electron chi connectivity index (χ2n) is 6.84. The van der Waals surface area contributed by atoms with Crippen LogP contribution in [-0.2, 0) is 9.84 Å². The summed E-state index contributed by atoms with van der Waals surface area (Å²) in [6.07, 6.45) is 2.63. The molecule has 1 unspecified atom stereocenters. The Labute approximate surface area is 153 Å². The van der Waals surface area contributed by atoms with Crippen LogP contribution in [0.1, 0.15) is 20.3 Å². The molecular weight excluding hydrogens is 354 g/mol. The quantitative estimate of drug-likeness (QED) is 0.801. The number of sulfone groups is 1. The van der Waals surface area contributed by atoms with Gasteiger partial charge in [0.15, 0.2) is 9.84 Å². The van der Waals surface area contributed by atoms with E-state index in [0.29, 0.717) is 17.1 Å². The van der Waals surface area contributed by atoms with Gasteiger partial charge in [0, 0.05) is 18.3 Å². The van der Waals surface area contributed by atoms with Gasteiger partial charge < -0.3 is 10.0 Å². The maximum atomic E-state index is 13.1. The summed E-state index contributed by atoms with van der Waals surface area (Å²) < 4.78 is 26.1. The summed E-state index contributed by atoms with van der Waals surface area (Å²) in [4.78, 5) is 2.96. The van der Waals surface area contributed by atoms with Crippen LogP contribution >= 0.6 is 11.8 Å². The molecule has 0 bridgehead atoms. The highest BCUT2D eigenvalue weighted by Gasteiger charge is 2.39. The molecule has 1 aliphatic heterocycles. The van der Waals surface area contributed by atoms with Crippen LogP contribution in [0.3, 0.4) is 0 Å².